The topological polar surface area (TPSA) is 55.8 Å². The van der Waals surface area contributed by atoms with Crippen molar-refractivity contribution in [1.29, 1.82) is 0 Å². The average Bonchev–Trinajstić information content (AvgIpc) is 2.23. The summed E-state index contributed by atoms with van der Waals surface area (Å²) in [7, 11) is 6.06. The molecule has 0 radical (unpaired) electrons. The van der Waals surface area contributed by atoms with Crippen molar-refractivity contribution >= 4 is 5.97 Å². The second-order valence-corrected chi connectivity index (χ2v) is 4.76. The molecule has 0 rings (SSSR count). The maximum absolute atomic E-state index is 11.0. The van der Waals surface area contributed by atoms with E-state index in [9.17, 15) is 4.79 Å². The van der Waals surface area contributed by atoms with Gasteiger partial charge >= 0.3 is 5.97 Å². The first-order chi connectivity index (χ1) is 7.97. The summed E-state index contributed by atoms with van der Waals surface area (Å²) in [5.41, 5.74) is 0. The number of nitrogens with one attached hydrogen (secondary N) is 1. The smallest absolute Gasteiger partial charge is 0.322 e. The highest BCUT2D eigenvalue weighted by molar-refractivity contribution is 5.73. The number of carboxylic acids is 1. The second-order valence-electron chi connectivity index (χ2n) is 4.76. The lowest BCUT2D eigenvalue weighted by Gasteiger charge is -2.22. The number of carboxylic acid groups (broad SMARTS) is 1. The van der Waals surface area contributed by atoms with Crippen molar-refractivity contribution in [1.82, 2.24) is 15.1 Å². The maximum atomic E-state index is 11.0. The van der Waals surface area contributed by atoms with Crippen molar-refractivity contribution < 1.29 is 9.90 Å². The third-order valence-electron chi connectivity index (χ3n) is 2.58. The molecular weight excluding hydrogens is 218 g/mol. The summed E-state index contributed by atoms with van der Waals surface area (Å²) in [5, 5.41) is 12.1. The zero-order chi connectivity index (χ0) is 13.3. The molecule has 0 fully saturated rings. The van der Waals surface area contributed by atoms with Gasteiger partial charge in [0.15, 0.2) is 0 Å². The van der Waals surface area contributed by atoms with Crippen molar-refractivity contribution in [2.45, 2.75) is 25.8 Å². The summed E-state index contributed by atoms with van der Waals surface area (Å²) in [4.78, 5) is 15.2. The fraction of sp³-hybridized carbons (Fsp3) is 0.917. The van der Waals surface area contributed by atoms with Crippen LogP contribution in [0.5, 0.6) is 0 Å². The molecule has 0 bridgehead atoms. The van der Waals surface area contributed by atoms with E-state index in [1.54, 1.807) is 0 Å². The highest BCUT2D eigenvalue weighted by atomic mass is 16.4. The van der Waals surface area contributed by atoms with Crippen molar-refractivity contribution in [2.24, 2.45) is 0 Å². The third-order valence-corrected chi connectivity index (χ3v) is 2.58. The second kappa shape index (κ2) is 9.39. The zero-order valence-electron chi connectivity index (χ0n) is 11.6. The Balaban J connectivity index is 3.86. The highest BCUT2D eigenvalue weighted by Crippen LogP contribution is 1.94. The zero-order valence-corrected chi connectivity index (χ0v) is 11.6. The predicted molar refractivity (Wildman–Crippen MR) is 70.4 cm³/mol. The van der Waals surface area contributed by atoms with E-state index < -0.39 is 12.0 Å². The van der Waals surface area contributed by atoms with Gasteiger partial charge in [0.05, 0.1) is 0 Å². The molecule has 0 aromatic carbocycles. The molecule has 2 N–H and O–H groups in total. The minimum absolute atomic E-state index is 0.459. The molecule has 0 aliphatic rings. The van der Waals surface area contributed by atoms with E-state index in [2.05, 4.69) is 15.1 Å². The molecule has 102 valence electrons. The molecule has 0 heterocycles. The standard InChI is InChI=1S/C12H27N3O2/c1-5-7-13-11(12(16)17)10-15(4)9-6-8-14(2)3/h11,13H,5-10H2,1-4H3,(H,16,17). The van der Waals surface area contributed by atoms with Crippen molar-refractivity contribution in [2.75, 3.05) is 47.3 Å². The molecule has 0 aliphatic heterocycles. The van der Waals surface area contributed by atoms with E-state index in [0.29, 0.717) is 6.54 Å². The summed E-state index contributed by atoms with van der Waals surface area (Å²) in [6.45, 7) is 5.30. The molecule has 5 nitrogen and oxygen atoms in total. The van der Waals surface area contributed by atoms with Gasteiger partial charge in [-0.05, 0) is 53.6 Å². The Labute approximate surface area is 105 Å². The van der Waals surface area contributed by atoms with Gasteiger partial charge in [-0.3, -0.25) is 4.79 Å². The quantitative estimate of drug-likeness (QED) is 0.580. The van der Waals surface area contributed by atoms with E-state index in [0.717, 1.165) is 32.5 Å². The molecule has 0 aromatic rings. The molecule has 0 saturated carbocycles. The Morgan fingerprint density at radius 1 is 1.29 bits per heavy atom. The first kappa shape index (κ1) is 16.4. The SMILES string of the molecule is CCCNC(CN(C)CCCN(C)C)C(=O)O. The molecule has 0 saturated heterocycles. The van der Waals surface area contributed by atoms with Gasteiger partial charge in [-0.25, -0.2) is 0 Å². The van der Waals surface area contributed by atoms with Crippen molar-refractivity contribution in [3.05, 3.63) is 0 Å². The van der Waals surface area contributed by atoms with Gasteiger partial charge in [0.2, 0.25) is 0 Å². The Morgan fingerprint density at radius 2 is 1.94 bits per heavy atom. The third kappa shape index (κ3) is 9.09. The number of likely N-dealkylation sites (N-methyl/N-ethyl adjacent to an activating group) is 1. The first-order valence-electron chi connectivity index (χ1n) is 6.26. The number of aliphatic carboxylic acids is 1. The molecule has 0 aliphatic carbocycles. The predicted octanol–water partition coefficient (Wildman–Crippen LogP) is 0.323. The van der Waals surface area contributed by atoms with E-state index >= 15 is 0 Å². The number of hydrogen-bond acceptors (Lipinski definition) is 4. The summed E-state index contributed by atoms with van der Waals surface area (Å²) in [5.74, 6) is -0.766. The summed E-state index contributed by atoms with van der Waals surface area (Å²) in [6, 6.07) is -0.459. The average molecular weight is 245 g/mol. The molecule has 0 spiro atoms. The van der Waals surface area contributed by atoms with Crippen LogP contribution in [0.3, 0.4) is 0 Å². The van der Waals surface area contributed by atoms with E-state index in [1.165, 1.54) is 0 Å². The summed E-state index contributed by atoms with van der Waals surface area (Å²) < 4.78 is 0. The van der Waals surface area contributed by atoms with Gasteiger partial charge in [-0.1, -0.05) is 6.92 Å². The number of nitrogens with zero attached hydrogens (tertiary/aromatic N) is 2. The van der Waals surface area contributed by atoms with Crippen LogP contribution >= 0.6 is 0 Å². The van der Waals surface area contributed by atoms with Gasteiger partial charge in [0.1, 0.15) is 6.04 Å². The van der Waals surface area contributed by atoms with Crippen LogP contribution in [0.1, 0.15) is 19.8 Å². The van der Waals surface area contributed by atoms with Crippen LogP contribution in [-0.2, 0) is 4.79 Å². The molecule has 5 heteroatoms. The van der Waals surface area contributed by atoms with Crippen molar-refractivity contribution in [3.8, 4) is 0 Å². The summed E-state index contributed by atoms with van der Waals surface area (Å²) in [6.07, 6.45) is 2.01. The maximum Gasteiger partial charge on any atom is 0.322 e. The van der Waals surface area contributed by atoms with E-state index in [-0.39, 0.29) is 0 Å². The number of carbonyl (C=O) groups is 1. The van der Waals surface area contributed by atoms with Gasteiger partial charge in [0.25, 0.3) is 0 Å². The fourth-order valence-corrected chi connectivity index (χ4v) is 1.61. The van der Waals surface area contributed by atoms with Gasteiger partial charge < -0.3 is 20.2 Å². The van der Waals surface area contributed by atoms with Crippen LogP contribution in [-0.4, -0.2) is 74.2 Å². The molecule has 1 unspecified atom stereocenters. The lowest BCUT2D eigenvalue weighted by Crippen LogP contribution is -2.45. The molecule has 0 amide bonds. The van der Waals surface area contributed by atoms with Crippen LogP contribution in [0, 0.1) is 0 Å². The largest absolute Gasteiger partial charge is 0.480 e. The molecular formula is C12H27N3O2. The van der Waals surface area contributed by atoms with Crippen molar-refractivity contribution in [3.63, 3.8) is 0 Å². The fourth-order valence-electron chi connectivity index (χ4n) is 1.61. The lowest BCUT2D eigenvalue weighted by atomic mass is 10.2. The van der Waals surface area contributed by atoms with Crippen LogP contribution in [0.2, 0.25) is 0 Å². The molecule has 0 aromatic heterocycles. The van der Waals surface area contributed by atoms with Gasteiger partial charge in [-0.15, -0.1) is 0 Å². The number of rotatable bonds is 10. The minimum Gasteiger partial charge on any atom is -0.480 e. The number of hydrogen-bond donors (Lipinski definition) is 2. The Morgan fingerprint density at radius 3 is 2.41 bits per heavy atom. The Hall–Kier alpha value is -0.650. The molecule has 17 heavy (non-hydrogen) atoms. The van der Waals surface area contributed by atoms with Gasteiger partial charge in [0, 0.05) is 6.54 Å². The lowest BCUT2D eigenvalue weighted by molar-refractivity contribution is -0.139. The monoisotopic (exact) mass is 245 g/mol. The van der Waals surface area contributed by atoms with Crippen LogP contribution in [0.15, 0.2) is 0 Å². The highest BCUT2D eigenvalue weighted by Gasteiger charge is 2.17. The van der Waals surface area contributed by atoms with Crippen LogP contribution < -0.4 is 5.32 Å². The van der Waals surface area contributed by atoms with Gasteiger partial charge in [-0.2, -0.15) is 0 Å². The molecule has 1 atom stereocenters. The Kier molecular flexibility index (Phi) is 9.03. The van der Waals surface area contributed by atoms with E-state index in [4.69, 9.17) is 5.11 Å². The van der Waals surface area contributed by atoms with Crippen LogP contribution in [0.25, 0.3) is 0 Å². The minimum atomic E-state index is -0.766. The normalized spacial score (nSPS) is 13.3. The van der Waals surface area contributed by atoms with E-state index in [1.807, 2.05) is 28.1 Å². The first-order valence-corrected chi connectivity index (χ1v) is 6.26. The summed E-state index contributed by atoms with van der Waals surface area (Å²) >= 11 is 0. The Bertz CT molecular complexity index is 210. The van der Waals surface area contributed by atoms with Crippen LogP contribution in [0.4, 0.5) is 0 Å².